The van der Waals surface area contributed by atoms with E-state index in [1.54, 1.807) is 0 Å². The molecule has 31 heavy (non-hydrogen) atoms. The van der Waals surface area contributed by atoms with Crippen LogP contribution in [0.4, 0.5) is 0 Å². The minimum Gasteiger partial charge on any atom is -0.833 e. The van der Waals surface area contributed by atoms with E-state index in [0.29, 0.717) is 0 Å². The van der Waals surface area contributed by atoms with E-state index in [1.807, 2.05) is 14.1 Å². The summed E-state index contributed by atoms with van der Waals surface area (Å²) in [6.07, 6.45) is 17.6. The molecular weight excluding hydrogens is 403 g/mol. The van der Waals surface area contributed by atoms with Gasteiger partial charge in [0.2, 0.25) is 12.7 Å². The molecule has 0 saturated carbocycles. The minimum atomic E-state index is -1.73. The van der Waals surface area contributed by atoms with Crippen LogP contribution < -0.4 is 19.2 Å². The fourth-order valence-corrected chi connectivity index (χ4v) is 2.66. The minimum absolute atomic E-state index is 1.15. The van der Waals surface area contributed by atoms with Gasteiger partial charge in [-0.1, -0.05) is 26.7 Å². The van der Waals surface area contributed by atoms with Gasteiger partial charge in [0.05, 0.1) is 27.2 Å². The van der Waals surface area contributed by atoms with E-state index in [0.717, 1.165) is 13.1 Å². The van der Waals surface area contributed by atoms with Gasteiger partial charge in [-0.15, -0.1) is 0 Å². The molecule has 0 unspecified atom stereocenters. The Morgan fingerprint density at radius 3 is 1.39 bits per heavy atom. The van der Waals surface area contributed by atoms with Crippen molar-refractivity contribution >= 4 is 29.3 Å². The van der Waals surface area contributed by atoms with Crippen LogP contribution in [0.15, 0.2) is 37.4 Å². The smallest absolute Gasteiger partial charge is 0.597 e. The van der Waals surface area contributed by atoms with E-state index < -0.39 is 29.3 Å². The third-order valence-corrected chi connectivity index (χ3v) is 4.30. The third-order valence-electron chi connectivity index (χ3n) is 4.30. The molecule has 4 heterocycles. The lowest BCUT2D eigenvalue weighted by Crippen LogP contribution is -2.65. The Labute approximate surface area is 185 Å². The molecule has 2 saturated heterocycles. The molecule has 0 N–H and O–H groups in total. The number of fused-ring (bicyclic) bond motifs is 2. The molecule has 2 aliphatic rings. The first-order valence-corrected chi connectivity index (χ1v) is 10.5. The van der Waals surface area contributed by atoms with Crippen LogP contribution in [-0.2, 0) is 50.0 Å². The highest BCUT2D eigenvalue weighted by atomic mass is 16.9. The Bertz CT molecular complexity index is 675. The van der Waals surface area contributed by atoms with Crippen molar-refractivity contribution in [3.8, 4) is 0 Å². The van der Waals surface area contributed by atoms with Gasteiger partial charge >= 0.3 is 29.3 Å². The number of unbranched alkanes of at least 4 members (excludes halogenated alkanes) is 2. The van der Waals surface area contributed by atoms with E-state index in [1.165, 1.54) is 25.7 Å². The fraction of sp³-hybridized carbons (Fsp3) is 0.625. The quantitative estimate of drug-likeness (QED) is 0.382. The van der Waals surface area contributed by atoms with Crippen molar-refractivity contribution in [2.75, 3.05) is 0 Å². The summed E-state index contributed by atoms with van der Waals surface area (Å²) in [7, 11) is -1.91. The van der Waals surface area contributed by atoms with Gasteiger partial charge in [-0.3, -0.25) is 0 Å². The van der Waals surface area contributed by atoms with Gasteiger partial charge in [0.15, 0.2) is 0 Å². The molecule has 0 aliphatic carbocycles. The highest BCUT2D eigenvalue weighted by Gasteiger charge is 2.44. The van der Waals surface area contributed by atoms with Gasteiger partial charge < -0.3 is 32.9 Å². The lowest BCUT2D eigenvalue weighted by atomic mass is 9.90. The largest absolute Gasteiger partial charge is 0.833 e. The van der Waals surface area contributed by atoms with Crippen LogP contribution in [0, 0.1) is 0 Å². The zero-order chi connectivity index (χ0) is 22.6. The summed E-state index contributed by atoms with van der Waals surface area (Å²) < 4.78 is 30.4. The van der Waals surface area contributed by atoms with Gasteiger partial charge in [0, 0.05) is 0 Å². The average molecular weight is 434 g/mol. The second kappa shape index (κ2) is 13.7. The molecule has 0 aromatic carbocycles. The van der Waals surface area contributed by atoms with E-state index >= 15 is 0 Å². The molecule has 2 aromatic heterocycles. The van der Waals surface area contributed by atoms with Crippen molar-refractivity contribution < 1.29 is 42.0 Å². The second-order valence-corrected chi connectivity index (χ2v) is 7.18. The third kappa shape index (κ3) is 10.0. The standard InChI is InChI=1S/2C8H15N2.B4O7/c2*1-3-4-5-10-7-6-9(2)8-10;5-1-7-3-9-2(6)10-4(8-1)11-3/h2*6-8H,3-5H2,1-2H3;/q2*+1;-2. The van der Waals surface area contributed by atoms with Crippen LogP contribution >= 0.6 is 0 Å². The van der Waals surface area contributed by atoms with Crippen LogP contribution in [0.1, 0.15) is 39.5 Å². The fourth-order valence-electron chi connectivity index (χ4n) is 2.66. The van der Waals surface area contributed by atoms with Crippen molar-refractivity contribution in [3.63, 3.8) is 0 Å². The molecule has 2 fully saturated rings. The molecule has 0 amide bonds. The maximum atomic E-state index is 10.5. The van der Waals surface area contributed by atoms with E-state index in [-0.39, 0.29) is 0 Å². The summed E-state index contributed by atoms with van der Waals surface area (Å²) >= 11 is 0. The average Bonchev–Trinajstić information content (AvgIpc) is 3.32. The zero-order valence-electron chi connectivity index (χ0n) is 18.7. The molecule has 2 aromatic rings. The normalized spacial score (nSPS) is 15.3. The Kier molecular flexibility index (Phi) is 11.4. The Morgan fingerprint density at radius 1 is 0.710 bits per heavy atom. The lowest BCUT2D eigenvalue weighted by Gasteiger charge is -2.40. The maximum absolute atomic E-state index is 10.5. The van der Waals surface area contributed by atoms with Gasteiger partial charge in [-0.25, -0.2) is 18.3 Å². The Hall–Kier alpha value is -1.60. The van der Waals surface area contributed by atoms with Crippen LogP contribution in [-0.4, -0.2) is 38.4 Å². The molecule has 0 radical (unpaired) electrons. The molecule has 2 aliphatic heterocycles. The number of imidazole rings is 2. The van der Waals surface area contributed by atoms with E-state index in [2.05, 4.69) is 92.4 Å². The van der Waals surface area contributed by atoms with Gasteiger partial charge in [0.25, 0.3) is 0 Å². The Morgan fingerprint density at radius 2 is 1.10 bits per heavy atom. The monoisotopic (exact) mass is 434 g/mol. The molecule has 2 bridgehead atoms. The summed E-state index contributed by atoms with van der Waals surface area (Å²) in [5.74, 6) is 0. The predicted octanol–water partition coefficient (Wildman–Crippen LogP) is -2.02. The number of nitrogens with zero attached hydrogens (tertiary/aromatic N) is 4. The molecule has 0 atom stereocenters. The molecule has 4 rings (SSSR count). The van der Waals surface area contributed by atoms with Crippen LogP contribution in [0.3, 0.4) is 0 Å². The van der Waals surface area contributed by atoms with E-state index in [9.17, 15) is 10.0 Å². The number of hydrogen-bond donors (Lipinski definition) is 0. The number of aryl methyl sites for hydroxylation is 4. The number of aromatic nitrogens is 4. The van der Waals surface area contributed by atoms with E-state index in [4.69, 9.17) is 0 Å². The van der Waals surface area contributed by atoms with Crippen molar-refractivity contribution in [2.24, 2.45) is 14.1 Å². The summed E-state index contributed by atoms with van der Waals surface area (Å²) in [6, 6.07) is 0. The summed E-state index contributed by atoms with van der Waals surface area (Å²) in [5, 5.41) is 21.0. The molecule has 0 spiro atoms. The van der Waals surface area contributed by atoms with Gasteiger partial charge in [0.1, 0.15) is 24.8 Å². The molecular formula is C16H30B4N4O7. The number of hydrogen-bond acceptors (Lipinski definition) is 7. The van der Waals surface area contributed by atoms with Crippen LogP contribution in [0.25, 0.3) is 0 Å². The van der Waals surface area contributed by atoms with Crippen molar-refractivity contribution in [2.45, 2.75) is 52.6 Å². The second-order valence-electron chi connectivity index (χ2n) is 7.18. The van der Waals surface area contributed by atoms with Crippen molar-refractivity contribution in [1.29, 1.82) is 0 Å². The highest BCUT2D eigenvalue weighted by molar-refractivity contribution is 6.73. The van der Waals surface area contributed by atoms with Crippen LogP contribution in [0.5, 0.6) is 0 Å². The zero-order valence-corrected chi connectivity index (χ0v) is 18.7. The Balaban J connectivity index is 0.000000166. The van der Waals surface area contributed by atoms with Gasteiger partial charge in [-0.2, -0.15) is 0 Å². The first-order chi connectivity index (χ1) is 14.9. The molecule has 168 valence electrons. The predicted molar refractivity (Wildman–Crippen MR) is 109 cm³/mol. The SMILES string of the molecule is CCCCn1cc[n+](C)c1.CCCCn1cc[n+](C)c1.[O-]B1OB2OB([O-])OB(O1)O2. The summed E-state index contributed by atoms with van der Waals surface area (Å²) in [5.41, 5.74) is 0. The summed E-state index contributed by atoms with van der Waals surface area (Å²) in [4.78, 5) is 0. The van der Waals surface area contributed by atoms with Gasteiger partial charge in [-0.05, 0) is 12.8 Å². The number of rotatable bonds is 6. The lowest BCUT2D eigenvalue weighted by molar-refractivity contribution is -0.671. The summed E-state index contributed by atoms with van der Waals surface area (Å²) in [6.45, 7) is 6.72. The van der Waals surface area contributed by atoms with Crippen molar-refractivity contribution in [3.05, 3.63) is 37.4 Å². The highest BCUT2D eigenvalue weighted by Crippen LogP contribution is 2.12. The first-order valence-electron chi connectivity index (χ1n) is 10.5. The molecule has 15 heteroatoms. The van der Waals surface area contributed by atoms with Crippen molar-refractivity contribution in [1.82, 2.24) is 9.13 Å². The topological polar surface area (TPSA) is 110 Å². The van der Waals surface area contributed by atoms with Crippen LogP contribution in [0.2, 0.25) is 0 Å². The first kappa shape index (κ1) is 25.7. The maximum Gasteiger partial charge on any atom is 0.597 e. The molecule has 11 nitrogen and oxygen atoms in total.